The highest BCUT2D eigenvalue weighted by Gasteiger charge is 2.52. The summed E-state index contributed by atoms with van der Waals surface area (Å²) in [6.07, 6.45) is 0. The highest BCUT2D eigenvalue weighted by Crippen LogP contribution is 2.50. The maximum absolute atomic E-state index is 3.44. The van der Waals surface area contributed by atoms with Crippen LogP contribution in [-0.4, -0.2) is 18.8 Å². The molecule has 1 aliphatic carbocycles. The molecule has 2 fully saturated rings. The Labute approximate surface area is 89.3 Å². The summed E-state index contributed by atoms with van der Waals surface area (Å²) < 4.78 is 0. The molecule has 3 atom stereocenters. The zero-order chi connectivity index (χ0) is 9.38. The van der Waals surface area contributed by atoms with E-state index >= 15 is 0 Å². The lowest BCUT2D eigenvalue weighted by molar-refractivity contribution is 0.640. The predicted octanol–water partition coefficient (Wildman–Crippen LogP) is 2.24. The van der Waals surface area contributed by atoms with E-state index in [1.807, 2.05) is 11.8 Å². The normalized spacial score (nSPS) is 34.1. The average Bonchev–Trinajstić information content (AvgIpc) is 2.69. The van der Waals surface area contributed by atoms with Gasteiger partial charge in [0.15, 0.2) is 0 Å². The van der Waals surface area contributed by atoms with Crippen molar-refractivity contribution in [3.63, 3.8) is 0 Å². The Morgan fingerprint density at radius 1 is 1.14 bits per heavy atom. The molecule has 2 heteroatoms. The highest BCUT2D eigenvalue weighted by molar-refractivity contribution is 7.99. The van der Waals surface area contributed by atoms with E-state index in [1.165, 1.54) is 23.7 Å². The quantitative estimate of drug-likeness (QED) is 0.760. The Morgan fingerprint density at radius 3 is 2.57 bits per heavy atom. The Balaban J connectivity index is 1.52. The first-order valence-electron chi connectivity index (χ1n) is 5.34. The van der Waals surface area contributed by atoms with Crippen molar-refractivity contribution in [1.29, 1.82) is 0 Å². The van der Waals surface area contributed by atoms with Gasteiger partial charge in [0, 0.05) is 10.6 Å². The van der Waals surface area contributed by atoms with Crippen molar-refractivity contribution in [2.24, 2.45) is 17.8 Å². The first kappa shape index (κ1) is 8.81. The summed E-state index contributed by atoms with van der Waals surface area (Å²) in [5.74, 6) is 4.33. The number of piperidine rings is 1. The molecule has 1 heterocycles. The van der Waals surface area contributed by atoms with Crippen molar-refractivity contribution >= 4 is 11.8 Å². The van der Waals surface area contributed by atoms with Gasteiger partial charge in [-0.1, -0.05) is 18.2 Å². The molecule has 74 valence electrons. The van der Waals surface area contributed by atoms with Crippen LogP contribution in [0, 0.1) is 17.8 Å². The van der Waals surface area contributed by atoms with E-state index in [4.69, 9.17) is 0 Å². The monoisotopic (exact) mass is 205 g/mol. The molecule has 1 saturated heterocycles. The molecule has 0 bridgehead atoms. The van der Waals surface area contributed by atoms with E-state index in [2.05, 4.69) is 35.6 Å². The van der Waals surface area contributed by atoms with Crippen LogP contribution in [0.4, 0.5) is 0 Å². The predicted molar refractivity (Wildman–Crippen MR) is 60.5 cm³/mol. The van der Waals surface area contributed by atoms with Gasteiger partial charge in [-0.15, -0.1) is 11.8 Å². The largest absolute Gasteiger partial charge is 0.316 e. The molecule has 0 radical (unpaired) electrons. The van der Waals surface area contributed by atoms with E-state index in [0.717, 1.165) is 17.8 Å². The third kappa shape index (κ3) is 1.57. The molecule has 1 saturated carbocycles. The molecule has 2 aliphatic rings. The number of benzene rings is 1. The summed E-state index contributed by atoms with van der Waals surface area (Å²) in [5, 5.41) is 3.44. The highest BCUT2D eigenvalue weighted by atomic mass is 32.2. The Hall–Kier alpha value is -0.470. The second-order valence-electron chi connectivity index (χ2n) is 4.27. The maximum Gasteiger partial charge on any atom is 0.00720 e. The fourth-order valence-corrected chi connectivity index (χ4v) is 3.73. The summed E-state index contributed by atoms with van der Waals surface area (Å²) in [5.41, 5.74) is 0. The van der Waals surface area contributed by atoms with Crippen LogP contribution in [0.15, 0.2) is 35.2 Å². The van der Waals surface area contributed by atoms with E-state index in [9.17, 15) is 0 Å². The minimum Gasteiger partial charge on any atom is -0.316 e. The molecule has 1 nitrogen and oxygen atoms in total. The summed E-state index contributed by atoms with van der Waals surface area (Å²) in [4.78, 5) is 1.42. The molecule has 0 amide bonds. The van der Waals surface area contributed by atoms with Gasteiger partial charge in [0.2, 0.25) is 0 Å². The molecular weight excluding hydrogens is 190 g/mol. The number of nitrogens with one attached hydrogen (secondary N) is 1. The van der Waals surface area contributed by atoms with Crippen molar-refractivity contribution in [1.82, 2.24) is 5.32 Å². The zero-order valence-corrected chi connectivity index (χ0v) is 8.96. The van der Waals surface area contributed by atoms with Gasteiger partial charge in [-0.2, -0.15) is 0 Å². The summed E-state index contributed by atoms with van der Waals surface area (Å²) in [6.45, 7) is 2.54. The lowest BCUT2D eigenvalue weighted by Crippen LogP contribution is -2.15. The number of hydrogen-bond donors (Lipinski definition) is 1. The molecule has 1 aromatic rings. The standard InChI is InChI=1S/C12H15NS/c1-2-4-9(5-3-1)14-8-12-10-6-13-7-11(10)12/h1-5,10-13H,6-8H2/t10-,11+,12?. The fourth-order valence-electron chi connectivity index (χ4n) is 2.50. The van der Waals surface area contributed by atoms with E-state index in [-0.39, 0.29) is 0 Å². The number of fused-ring (bicyclic) bond motifs is 1. The minimum atomic E-state index is 1.00. The van der Waals surface area contributed by atoms with E-state index in [0.29, 0.717) is 0 Å². The Bertz CT molecular complexity index is 301. The van der Waals surface area contributed by atoms with Gasteiger partial charge >= 0.3 is 0 Å². The minimum absolute atomic E-state index is 1.00. The molecule has 3 rings (SSSR count). The third-order valence-corrected chi connectivity index (χ3v) is 4.61. The lowest BCUT2D eigenvalue weighted by Gasteiger charge is -2.03. The average molecular weight is 205 g/mol. The second-order valence-corrected chi connectivity index (χ2v) is 5.37. The SMILES string of the molecule is c1ccc(SCC2[C@H]3CNC[C@@H]23)cc1. The van der Waals surface area contributed by atoms with Crippen molar-refractivity contribution in [2.45, 2.75) is 4.90 Å². The second kappa shape index (κ2) is 3.59. The Kier molecular flexibility index (Phi) is 2.26. The molecule has 0 spiro atoms. The van der Waals surface area contributed by atoms with Gasteiger partial charge in [-0.25, -0.2) is 0 Å². The smallest absolute Gasteiger partial charge is 0.00720 e. The third-order valence-electron chi connectivity index (χ3n) is 3.45. The van der Waals surface area contributed by atoms with Gasteiger partial charge in [-0.05, 0) is 43.0 Å². The maximum atomic E-state index is 3.44. The first-order chi connectivity index (χ1) is 6.95. The van der Waals surface area contributed by atoms with Gasteiger partial charge < -0.3 is 5.32 Å². The number of hydrogen-bond acceptors (Lipinski definition) is 2. The number of thioether (sulfide) groups is 1. The first-order valence-corrected chi connectivity index (χ1v) is 6.32. The van der Waals surface area contributed by atoms with Gasteiger partial charge in [0.25, 0.3) is 0 Å². The van der Waals surface area contributed by atoms with Gasteiger partial charge in [0.1, 0.15) is 0 Å². The zero-order valence-electron chi connectivity index (χ0n) is 8.15. The van der Waals surface area contributed by atoms with Gasteiger partial charge in [-0.3, -0.25) is 0 Å². The van der Waals surface area contributed by atoms with Gasteiger partial charge in [0.05, 0.1) is 0 Å². The van der Waals surface area contributed by atoms with E-state index in [1.54, 1.807) is 0 Å². The van der Waals surface area contributed by atoms with Crippen molar-refractivity contribution in [3.05, 3.63) is 30.3 Å². The van der Waals surface area contributed by atoms with Crippen LogP contribution < -0.4 is 5.32 Å². The fraction of sp³-hybridized carbons (Fsp3) is 0.500. The van der Waals surface area contributed by atoms with Crippen molar-refractivity contribution in [2.75, 3.05) is 18.8 Å². The molecule has 1 aromatic carbocycles. The Morgan fingerprint density at radius 2 is 1.86 bits per heavy atom. The van der Waals surface area contributed by atoms with Crippen molar-refractivity contribution < 1.29 is 0 Å². The number of rotatable bonds is 3. The van der Waals surface area contributed by atoms with Crippen molar-refractivity contribution in [3.8, 4) is 0 Å². The van der Waals surface area contributed by atoms with Crippen LogP contribution in [0.5, 0.6) is 0 Å². The van der Waals surface area contributed by atoms with Crippen LogP contribution in [0.2, 0.25) is 0 Å². The van der Waals surface area contributed by atoms with E-state index < -0.39 is 0 Å². The van der Waals surface area contributed by atoms with Crippen LogP contribution in [0.25, 0.3) is 0 Å². The lowest BCUT2D eigenvalue weighted by atomic mass is 10.3. The molecule has 1 aliphatic heterocycles. The summed E-state index contributed by atoms with van der Waals surface area (Å²) >= 11 is 2.02. The molecule has 1 N–H and O–H groups in total. The van der Waals surface area contributed by atoms with Crippen LogP contribution in [0.1, 0.15) is 0 Å². The molecule has 0 aromatic heterocycles. The molecular formula is C12H15NS. The summed E-state index contributed by atoms with van der Waals surface area (Å²) in [6, 6.07) is 10.7. The van der Waals surface area contributed by atoms with Crippen LogP contribution in [0.3, 0.4) is 0 Å². The molecule has 14 heavy (non-hydrogen) atoms. The van der Waals surface area contributed by atoms with Crippen LogP contribution >= 0.6 is 11.8 Å². The van der Waals surface area contributed by atoms with Crippen LogP contribution in [-0.2, 0) is 0 Å². The summed E-state index contributed by atoms with van der Waals surface area (Å²) in [7, 11) is 0. The molecule has 1 unspecified atom stereocenters. The topological polar surface area (TPSA) is 12.0 Å².